The van der Waals surface area contributed by atoms with Gasteiger partial charge in [-0.05, 0) is 30.3 Å². The summed E-state index contributed by atoms with van der Waals surface area (Å²) in [5, 5.41) is 27.3. The maximum absolute atomic E-state index is 11.1. The van der Waals surface area contributed by atoms with Crippen LogP contribution < -0.4 is 4.74 Å². The number of nitro benzene ring substituents is 1. The zero-order chi connectivity index (χ0) is 16.2. The van der Waals surface area contributed by atoms with Crippen LogP contribution in [0.15, 0.2) is 53.3 Å². The van der Waals surface area contributed by atoms with Gasteiger partial charge in [0.2, 0.25) is 18.0 Å². The van der Waals surface area contributed by atoms with Crippen LogP contribution in [0, 0.1) is 21.4 Å². The van der Waals surface area contributed by atoms with Crippen LogP contribution in [0.5, 0.6) is 11.5 Å². The molecule has 0 saturated carbocycles. The number of rotatable bonds is 4. The lowest BCUT2D eigenvalue weighted by atomic mass is 10.2. The van der Waals surface area contributed by atoms with Crippen LogP contribution in [0.1, 0.15) is 5.56 Å². The molecule has 0 aliphatic rings. The van der Waals surface area contributed by atoms with Gasteiger partial charge in [-0.25, -0.2) is 0 Å². The Balaban J connectivity index is 1.95. The summed E-state index contributed by atoms with van der Waals surface area (Å²) in [6.07, 6.45) is 1.20. The number of benzene rings is 2. The summed E-state index contributed by atoms with van der Waals surface area (Å²) >= 11 is 0. The average molecular weight is 308 g/mol. The fourth-order valence-corrected chi connectivity index (χ4v) is 1.93. The largest absolute Gasteiger partial charge is 0.450 e. The number of nitro groups is 1. The highest BCUT2D eigenvalue weighted by Crippen LogP contribution is 2.33. The van der Waals surface area contributed by atoms with Crippen LogP contribution in [0.3, 0.4) is 0 Å². The monoisotopic (exact) mass is 308 g/mol. The molecular weight excluding hydrogens is 300 g/mol. The minimum absolute atomic E-state index is 0.0386. The maximum Gasteiger partial charge on any atom is 0.312 e. The number of hydrogen-bond donors (Lipinski definition) is 0. The smallest absolute Gasteiger partial charge is 0.312 e. The predicted molar refractivity (Wildman–Crippen MR) is 77.6 cm³/mol. The van der Waals surface area contributed by atoms with Crippen molar-refractivity contribution in [3.05, 3.63) is 64.5 Å². The predicted octanol–water partition coefficient (Wildman–Crippen LogP) is 3.31. The fraction of sp³-hybridized carbons (Fsp3) is 0. The van der Waals surface area contributed by atoms with E-state index in [1.165, 1.54) is 18.5 Å². The van der Waals surface area contributed by atoms with Gasteiger partial charge in [0.25, 0.3) is 0 Å². The molecule has 0 amide bonds. The highest BCUT2D eigenvalue weighted by Gasteiger charge is 2.17. The lowest BCUT2D eigenvalue weighted by molar-refractivity contribution is -0.385. The molecule has 0 saturated heterocycles. The molecule has 0 spiro atoms. The van der Waals surface area contributed by atoms with Crippen molar-refractivity contribution in [2.75, 3.05) is 0 Å². The third-order valence-electron chi connectivity index (χ3n) is 2.95. The van der Waals surface area contributed by atoms with Crippen LogP contribution in [-0.4, -0.2) is 15.1 Å². The SMILES string of the molecule is N#Cc1ccc(Oc2cccc(-c3nnco3)c2)c([N+](=O)[O-])c1. The molecule has 8 nitrogen and oxygen atoms in total. The van der Waals surface area contributed by atoms with Crippen molar-refractivity contribution in [2.45, 2.75) is 0 Å². The summed E-state index contributed by atoms with van der Waals surface area (Å²) in [6, 6.07) is 12.6. The van der Waals surface area contributed by atoms with E-state index in [0.29, 0.717) is 17.2 Å². The van der Waals surface area contributed by atoms with Gasteiger partial charge in [-0.15, -0.1) is 10.2 Å². The molecule has 0 bridgehead atoms. The Morgan fingerprint density at radius 3 is 2.83 bits per heavy atom. The van der Waals surface area contributed by atoms with Crippen LogP contribution in [0.2, 0.25) is 0 Å². The molecule has 8 heteroatoms. The van der Waals surface area contributed by atoms with Crippen LogP contribution >= 0.6 is 0 Å². The van der Waals surface area contributed by atoms with Crippen molar-refractivity contribution < 1.29 is 14.1 Å². The van der Waals surface area contributed by atoms with Gasteiger partial charge in [0.05, 0.1) is 16.6 Å². The topological polar surface area (TPSA) is 115 Å². The maximum atomic E-state index is 11.1. The van der Waals surface area contributed by atoms with E-state index >= 15 is 0 Å². The Hall–Kier alpha value is -3.73. The molecule has 1 aromatic heterocycles. The van der Waals surface area contributed by atoms with Gasteiger partial charge in [0.15, 0.2) is 0 Å². The first kappa shape index (κ1) is 14.2. The molecule has 0 fully saturated rings. The molecule has 3 aromatic rings. The van der Waals surface area contributed by atoms with Gasteiger partial charge in [-0.3, -0.25) is 10.1 Å². The van der Waals surface area contributed by atoms with Crippen LogP contribution in [-0.2, 0) is 0 Å². The Labute approximate surface area is 129 Å². The molecule has 1 heterocycles. The molecule has 0 N–H and O–H groups in total. The number of nitriles is 1. The molecule has 0 aliphatic carbocycles. The molecule has 2 aromatic carbocycles. The van der Waals surface area contributed by atoms with E-state index in [0.717, 1.165) is 6.07 Å². The van der Waals surface area contributed by atoms with Gasteiger partial charge in [-0.1, -0.05) is 6.07 Å². The summed E-state index contributed by atoms with van der Waals surface area (Å²) in [6.45, 7) is 0. The zero-order valence-corrected chi connectivity index (χ0v) is 11.5. The molecule has 0 atom stereocenters. The van der Waals surface area contributed by atoms with E-state index in [1.807, 2.05) is 6.07 Å². The lowest BCUT2D eigenvalue weighted by Crippen LogP contribution is -1.94. The minimum Gasteiger partial charge on any atom is -0.450 e. The minimum atomic E-state index is -0.599. The van der Waals surface area contributed by atoms with Gasteiger partial charge >= 0.3 is 5.69 Å². The molecule has 3 rings (SSSR count). The summed E-state index contributed by atoms with van der Waals surface area (Å²) in [5.41, 5.74) is 0.521. The van der Waals surface area contributed by atoms with Crippen molar-refractivity contribution in [1.82, 2.24) is 10.2 Å². The van der Waals surface area contributed by atoms with E-state index < -0.39 is 4.92 Å². The van der Waals surface area contributed by atoms with E-state index in [1.54, 1.807) is 24.3 Å². The fourth-order valence-electron chi connectivity index (χ4n) is 1.93. The van der Waals surface area contributed by atoms with Gasteiger partial charge in [0, 0.05) is 11.6 Å². The van der Waals surface area contributed by atoms with E-state index in [2.05, 4.69) is 10.2 Å². The van der Waals surface area contributed by atoms with Gasteiger partial charge in [0.1, 0.15) is 5.75 Å². The zero-order valence-electron chi connectivity index (χ0n) is 11.5. The van der Waals surface area contributed by atoms with E-state index in [4.69, 9.17) is 14.4 Å². The summed E-state index contributed by atoms with van der Waals surface area (Å²) in [5.74, 6) is 0.718. The Kier molecular flexibility index (Phi) is 3.68. The van der Waals surface area contributed by atoms with Crippen LogP contribution in [0.4, 0.5) is 5.69 Å². The number of hydrogen-bond acceptors (Lipinski definition) is 7. The van der Waals surface area contributed by atoms with Crippen LogP contribution in [0.25, 0.3) is 11.5 Å². The first-order chi connectivity index (χ1) is 11.2. The van der Waals surface area contributed by atoms with E-state index in [-0.39, 0.29) is 17.0 Å². The Morgan fingerprint density at radius 1 is 1.26 bits per heavy atom. The van der Waals surface area contributed by atoms with Crippen molar-refractivity contribution >= 4 is 5.69 Å². The molecule has 23 heavy (non-hydrogen) atoms. The second-order valence-electron chi connectivity index (χ2n) is 4.43. The van der Waals surface area contributed by atoms with Gasteiger partial charge < -0.3 is 9.15 Å². The molecule has 0 aliphatic heterocycles. The summed E-state index contributed by atoms with van der Waals surface area (Å²) < 4.78 is 10.7. The quantitative estimate of drug-likeness (QED) is 0.536. The van der Waals surface area contributed by atoms with Crippen molar-refractivity contribution in [3.63, 3.8) is 0 Å². The first-order valence-corrected chi connectivity index (χ1v) is 6.40. The Morgan fingerprint density at radius 2 is 2.13 bits per heavy atom. The molecule has 0 unspecified atom stereocenters. The molecular formula is C15H8N4O4. The lowest BCUT2D eigenvalue weighted by Gasteiger charge is -2.07. The molecule has 112 valence electrons. The van der Waals surface area contributed by atoms with Crippen molar-refractivity contribution in [2.24, 2.45) is 0 Å². The number of aromatic nitrogens is 2. The highest BCUT2D eigenvalue weighted by molar-refractivity contribution is 5.57. The normalized spacial score (nSPS) is 10.0. The van der Waals surface area contributed by atoms with Crippen molar-refractivity contribution in [1.29, 1.82) is 5.26 Å². The second-order valence-corrected chi connectivity index (χ2v) is 4.43. The van der Waals surface area contributed by atoms with Crippen molar-refractivity contribution in [3.8, 4) is 29.0 Å². The van der Waals surface area contributed by atoms with Gasteiger partial charge in [-0.2, -0.15) is 5.26 Å². The standard InChI is InChI=1S/C15H8N4O4/c16-8-10-4-5-14(13(6-10)19(20)21)23-12-3-1-2-11(7-12)15-18-17-9-22-15/h1-7,9H. The Bertz CT molecular complexity index is 900. The summed E-state index contributed by atoms with van der Waals surface area (Å²) in [4.78, 5) is 10.5. The number of nitrogens with zero attached hydrogens (tertiary/aromatic N) is 4. The summed E-state index contributed by atoms with van der Waals surface area (Å²) in [7, 11) is 0. The highest BCUT2D eigenvalue weighted by atomic mass is 16.6. The average Bonchev–Trinajstić information content (AvgIpc) is 3.10. The third-order valence-corrected chi connectivity index (χ3v) is 2.95. The third kappa shape index (κ3) is 2.98. The first-order valence-electron chi connectivity index (χ1n) is 6.40. The second kappa shape index (κ2) is 5.95. The number of ether oxygens (including phenoxy) is 1. The molecule has 0 radical (unpaired) electrons. The van der Waals surface area contributed by atoms with E-state index in [9.17, 15) is 10.1 Å².